The van der Waals surface area contributed by atoms with E-state index in [4.69, 9.17) is 10.5 Å². The van der Waals surface area contributed by atoms with Gasteiger partial charge in [0.15, 0.2) is 6.61 Å². The Kier molecular flexibility index (Phi) is 6.82. The van der Waals surface area contributed by atoms with Crippen LogP contribution in [-0.4, -0.2) is 21.8 Å². The van der Waals surface area contributed by atoms with E-state index in [0.717, 1.165) is 12.5 Å². The van der Waals surface area contributed by atoms with Gasteiger partial charge in [-0.2, -0.15) is 0 Å². The van der Waals surface area contributed by atoms with Gasteiger partial charge in [0.2, 0.25) is 0 Å². The number of nitrogens with one attached hydrogen (secondary N) is 1. The predicted octanol–water partition coefficient (Wildman–Crippen LogP) is 3.29. The Labute approximate surface area is 140 Å². The van der Waals surface area contributed by atoms with Crippen molar-refractivity contribution in [2.75, 3.05) is 6.61 Å². The largest absolute Gasteiger partial charge is 0.598 e. The zero-order chi connectivity index (χ0) is 17.8. The van der Waals surface area contributed by atoms with Crippen LogP contribution in [0.25, 0.3) is 0 Å². The van der Waals surface area contributed by atoms with Crippen LogP contribution in [0.4, 0.5) is 8.78 Å². The van der Waals surface area contributed by atoms with Crippen LogP contribution in [-0.2, 0) is 17.9 Å². The highest BCUT2D eigenvalue weighted by molar-refractivity contribution is 7.90. The molecule has 0 amide bonds. The molecule has 0 aliphatic rings. The molecule has 1 aromatic carbocycles. The van der Waals surface area contributed by atoms with Gasteiger partial charge in [-0.1, -0.05) is 6.07 Å². The Hall–Kier alpha value is -0.890. The van der Waals surface area contributed by atoms with E-state index in [0.29, 0.717) is 11.3 Å². The molecule has 3 N–H and O–H groups in total. The molecular weight excluding hydrogens is 322 g/mol. The average molecular weight is 348 g/mol. The molecule has 0 aliphatic heterocycles. The van der Waals surface area contributed by atoms with Crippen molar-refractivity contribution in [3.05, 3.63) is 29.3 Å². The molecule has 2 atom stereocenters. The third-order valence-corrected chi connectivity index (χ3v) is 4.81. The quantitative estimate of drug-likeness (QED) is 0.742. The van der Waals surface area contributed by atoms with E-state index >= 15 is 0 Å². The topological polar surface area (TPSA) is 70.3 Å². The van der Waals surface area contributed by atoms with Crippen LogP contribution >= 0.6 is 0 Å². The highest BCUT2D eigenvalue weighted by atomic mass is 32.2. The number of nitrogens with two attached hydrogens (primary N) is 1. The lowest BCUT2D eigenvalue weighted by Gasteiger charge is -2.27. The fraction of sp³-hybridized carbons (Fsp3) is 0.625. The monoisotopic (exact) mass is 348 g/mol. The molecule has 0 aliphatic carbocycles. The number of benzene rings is 1. The molecule has 1 aromatic rings. The Morgan fingerprint density at radius 2 is 1.91 bits per heavy atom. The van der Waals surface area contributed by atoms with Gasteiger partial charge in [-0.3, -0.25) is 0 Å². The number of hydrogen-bond acceptors (Lipinski definition) is 4. The SMILES string of the molecule is C[C@@H](N[S+]([O-])C(C)(C)C)c1ccc(OCC(C)(F)F)c(CN)c1. The summed E-state index contributed by atoms with van der Waals surface area (Å²) in [6.45, 7) is 7.83. The molecule has 0 saturated heterocycles. The second-order valence-electron chi connectivity index (χ2n) is 6.65. The summed E-state index contributed by atoms with van der Waals surface area (Å²) in [6, 6.07) is 5.02. The number of hydrogen-bond donors (Lipinski definition) is 2. The van der Waals surface area contributed by atoms with Crippen LogP contribution in [0.1, 0.15) is 51.8 Å². The van der Waals surface area contributed by atoms with Crippen molar-refractivity contribution >= 4 is 11.4 Å². The van der Waals surface area contributed by atoms with Gasteiger partial charge < -0.3 is 15.0 Å². The van der Waals surface area contributed by atoms with Gasteiger partial charge in [0.05, 0.1) is 6.04 Å². The van der Waals surface area contributed by atoms with Crippen molar-refractivity contribution in [2.45, 2.75) is 57.9 Å². The summed E-state index contributed by atoms with van der Waals surface area (Å²) in [5, 5.41) is 0. The highest BCUT2D eigenvalue weighted by Crippen LogP contribution is 2.26. The van der Waals surface area contributed by atoms with E-state index in [9.17, 15) is 13.3 Å². The first-order valence-corrected chi connectivity index (χ1v) is 8.60. The van der Waals surface area contributed by atoms with Gasteiger partial charge >= 0.3 is 0 Å². The van der Waals surface area contributed by atoms with Crippen LogP contribution in [0.3, 0.4) is 0 Å². The molecule has 0 radical (unpaired) electrons. The normalized spacial score (nSPS) is 15.3. The number of ether oxygens (including phenoxy) is 1. The molecular formula is C16H26F2N2O2S. The summed E-state index contributed by atoms with van der Waals surface area (Å²) < 4.78 is 45.8. The third-order valence-electron chi connectivity index (χ3n) is 3.13. The molecule has 132 valence electrons. The van der Waals surface area contributed by atoms with Gasteiger partial charge in [-0.05, 0) is 45.4 Å². The summed E-state index contributed by atoms with van der Waals surface area (Å²) in [7, 11) is 0. The van der Waals surface area contributed by atoms with Crippen LogP contribution < -0.4 is 15.2 Å². The molecule has 23 heavy (non-hydrogen) atoms. The van der Waals surface area contributed by atoms with E-state index in [1.54, 1.807) is 18.2 Å². The summed E-state index contributed by atoms with van der Waals surface area (Å²) in [4.78, 5) is 0. The minimum Gasteiger partial charge on any atom is -0.598 e. The Morgan fingerprint density at radius 1 is 1.30 bits per heavy atom. The second-order valence-corrected chi connectivity index (χ2v) is 8.65. The first kappa shape index (κ1) is 20.2. The van der Waals surface area contributed by atoms with E-state index < -0.39 is 23.9 Å². The van der Waals surface area contributed by atoms with Crippen LogP contribution in [0, 0.1) is 0 Å². The lowest BCUT2D eigenvalue weighted by molar-refractivity contribution is -0.0232. The Morgan fingerprint density at radius 3 is 2.39 bits per heavy atom. The van der Waals surface area contributed by atoms with E-state index in [-0.39, 0.29) is 17.3 Å². The Bertz CT molecular complexity index is 516. The summed E-state index contributed by atoms with van der Waals surface area (Å²) in [5.41, 5.74) is 7.20. The summed E-state index contributed by atoms with van der Waals surface area (Å²) in [6.07, 6.45) is 0. The number of rotatable bonds is 7. The fourth-order valence-corrected chi connectivity index (χ4v) is 2.59. The maximum Gasteiger partial charge on any atom is 0.278 e. The van der Waals surface area contributed by atoms with Gasteiger partial charge in [0.1, 0.15) is 10.5 Å². The van der Waals surface area contributed by atoms with Gasteiger partial charge in [-0.25, -0.2) is 8.78 Å². The maximum atomic E-state index is 12.9. The second kappa shape index (κ2) is 7.79. The van der Waals surface area contributed by atoms with Gasteiger partial charge in [0, 0.05) is 30.4 Å². The summed E-state index contributed by atoms with van der Waals surface area (Å²) >= 11 is -1.21. The maximum absolute atomic E-state index is 12.9. The number of alkyl halides is 2. The number of halogens is 2. The van der Waals surface area contributed by atoms with Crippen molar-refractivity contribution in [1.82, 2.24) is 4.72 Å². The lowest BCUT2D eigenvalue weighted by atomic mass is 10.0. The van der Waals surface area contributed by atoms with Crippen molar-refractivity contribution in [3.63, 3.8) is 0 Å². The first-order chi connectivity index (χ1) is 10.4. The fourth-order valence-electron chi connectivity index (χ4n) is 1.78. The Balaban J connectivity index is 2.86. The van der Waals surface area contributed by atoms with Crippen molar-refractivity contribution in [1.29, 1.82) is 0 Å². The molecule has 0 bridgehead atoms. The smallest absolute Gasteiger partial charge is 0.278 e. The van der Waals surface area contributed by atoms with Crippen molar-refractivity contribution < 1.29 is 18.1 Å². The molecule has 4 nitrogen and oxygen atoms in total. The highest BCUT2D eigenvalue weighted by Gasteiger charge is 2.28. The molecule has 0 aromatic heterocycles. The average Bonchev–Trinajstić information content (AvgIpc) is 2.42. The van der Waals surface area contributed by atoms with E-state index in [2.05, 4.69) is 4.72 Å². The zero-order valence-electron chi connectivity index (χ0n) is 14.3. The molecule has 7 heteroatoms. The van der Waals surface area contributed by atoms with Gasteiger partial charge in [0.25, 0.3) is 5.92 Å². The third kappa shape index (κ3) is 6.63. The molecule has 1 rings (SSSR count). The molecule has 1 unspecified atom stereocenters. The minimum absolute atomic E-state index is 0.165. The minimum atomic E-state index is -2.90. The molecule has 0 heterocycles. The van der Waals surface area contributed by atoms with Crippen LogP contribution in [0.5, 0.6) is 5.75 Å². The van der Waals surface area contributed by atoms with E-state index in [1.165, 1.54) is 0 Å². The van der Waals surface area contributed by atoms with E-state index in [1.807, 2.05) is 27.7 Å². The first-order valence-electron chi connectivity index (χ1n) is 7.45. The van der Waals surface area contributed by atoms with Crippen molar-refractivity contribution in [2.24, 2.45) is 5.73 Å². The lowest BCUT2D eigenvalue weighted by Crippen LogP contribution is -2.40. The standard InChI is InChI=1S/C16H26F2N2O2S/c1-11(20-23(21)15(2,3)4)12-6-7-14(13(8-12)9-19)22-10-16(5,17)18/h6-8,11,20H,9-10,19H2,1-5H3/t11-,23?/m1/s1. The zero-order valence-corrected chi connectivity index (χ0v) is 15.1. The van der Waals surface area contributed by atoms with Gasteiger partial charge in [-0.15, -0.1) is 4.72 Å². The van der Waals surface area contributed by atoms with Crippen molar-refractivity contribution in [3.8, 4) is 5.75 Å². The molecule has 0 saturated carbocycles. The van der Waals surface area contributed by atoms with Crippen LogP contribution in [0.2, 0.25) is 0 Å². The van der Waals surface area contributed by atoms with Crippen LogP contribution in [0.15, 0.2) is 18.2 Å². The summed E-state index contributed by atoms with van der Waals surface area (Å²) in [5.74, 6) is -2.55. The predicted molar refractivity (Wildman–Crippen MR) is 89.9 cm³/mol. The molecule has 0 spiro atoms. The molecule has 0 fully saturated rings.